The van der Waals surface area contributed by atoms with Gasteiger partial charge in [0.2, 0.25) is 0 Å². The van der Waals surface area contributed by atoms with Crippen LogP contribution in [0, 0.1) is 0 Å². The summed E-state index contributed by atoms with van der Waals surface area (Å²) in [7, 11) is 1.87. The number of fused-ring (bicyclic) bond motifs is 2. The first-order chi connectivity index (χ1) is 28.6. The van der Waals surface area contributed by atoms with Gasteiger partial charge < -0.3 is 24.5 Å². The average Bonchev–Trinajstić information content (AvgIpc) is 4.06. The third-order valence-electron chi connectivity index (χ3n) is 9.74. The lowest BCUT2D eigenvalue weighted by atomic mass is 9.77. The van der Waals surface area contributed by atoms with Crippen molar-refractivity contribution in [2.24, 2.45) is 7.05 Å². The summed E-state index contributed by atoms with van der Waals surface area (Å²) in [5.41, 5.74) is 8.02. The van der Waals surface area contributed by atoms with E-state index in [1.54, 1.807) is 23.3 Å². The number of nitrogens with zero attached hydrogens (tertiary/aromatic N) is 6. The number of carbonyl (C=O) groups excluding carboxylic acids is 1. The zero-order valence-electron chi connectivity index (χ0n) is 33.0. The number of hydrogen-bond donors (Lipinski definition) is 4. The van der Waals surface area contributed by atoms with Crippen molar-refractivity contribution in [3.63, 3.8) is 0 Å². The lowest BCUT2D eigenvalue weighted by Gasteiger charge is -2.36. The fourth-order valence-electron chi connectivity index (χ4n) is 7.25. The molecule has 0 spiro atoms. The van der Waals surface area contributed by atoms with Crippen LogP contribution in [0.3, 0.4) is 0 Å². The predicted octanol–water partition coefficient (Wildman–Crippen LogP) is 8.91. The van der Waals surface area contributed by atoms with E-state index < -0.39 is 24.0 Å². The van der Waals surface area contributed by atoms with E-state index in [4.69, 9.17) is 14.6 Å². The SMILES string of the molecule is Cn1cc(-c2c[nH]c3ncc(NC(=O)OC(C)(C)C)cc23)cn1.OCOc1cnc2[nH]cc(-c3cnn(C(c4ccccc4)(c4ccccc4)c4ccccc4)c3)c2c1. The largest absolute Gasteiger partial charge is 0.466 e. The molecule has 0 aliphatic carbocycles. The van der Waals surface area contributed by atoms with Crippen LogP contribution in [0.15, 0.2) is 153 Å². The normalized spacial score (nSPS) is 11.6. The number of anilines is 1. The van der Waals surface area contributed by atoms with Crippen LogP contribution in [0.2, 0.25) is 0 Å². The topological polar surface area (TPSA) is 161 Å². The van der Waals surface area contributed by atoms with E-state index in [9.17, 15) is 9.90 Å². The van der Waals surface area contributed by atoms with E-state index >= 15 is 0 Å². The Bertz CT molecular complexity index is 2720. The van der Waals surface area contributed by atoms with Crippen molar-refractivity contribution >= 4 is 33.8 Å². The zero-order valence-corrected chi connectivity index (χ0v) is 33.0. The molecule has 0 aliphatic rings. The van der Waals surface area contributed by atoms with E-state index in [0.717, 1.165) is 61.0 Å². The van der Waals surface area contributed by atoms with Crippen LogP contribution in [0.4, 0.5) is 10.5 Å². The van der Waals surface area contributed by atoms with Crippen LogP contribution >= 0.6 is 0 Å². The van der Waals surface area contributed by atoms with Crippen LogP contribution in [0.25, 0.3) is 44.3 Å². The lowest BCUT2D eigenvalue weighted by Crippen LogP contribution is -2.38. The first kappa shape index (κ1) is 38.4. The number of aromatic nitrogens is 8. The maximum absolute atomic E-state index is 11.9. The summed E-state index contributed by atoms with van der Waals surface area (Å²) in [6, 6.07) is 35.1. The summed E-state index contributed by atoms with van der Waals surface area (Å²) in [4.78, 5) is 27.0. The molecule has 296 valence electrons. The standard InChI is InChI=1S/C30H24N4O2.C16H19N5O2/c35-21-36-26-16-27-28(19-32-29(27)31-18-26)22-17-33-34(20-22)30(23-10-4-1-5-11-23,24-12-6-2-7-13-24)25-14-8-3-9-15-25;1-16(2,3)23-15(22)20-11-5-12-13(8-18-14(12)17-7-11)10-6-19-21(4)9-10/h1-20,35H,21H2,(H,31,32);5-9H,1-4H3,(H,17,18)(H,20,22). The molecule has 13 heteroatoms. The van der Waals surface area contributed by atoms with Gasteiger partial charge in [-0.2, -0.15) is 10.2 Å². The molecule has 1 amide bonds. The first-order valence-electron chi connectivity index (χ1n) is 19.0. The van der Waals surface area contributed by atoms with Crippen molar-refractivity contribution in [3.8, 4) is 28.0 Å². The Morgan fingerprint density at radius 3 is 1.76 bits per heavy atom. The molecule has 0 fully saturated rings. The van der Waals surface area contributed by atoms with Crippen LogP contribution in [-0.2, 0) is 17.3 Å². The van der Waals surface area contributed by atoms with Gasteiger partial charge in [0, 0.05) is 64.9 Å². The van der Waals surface area contributed by atoms with Gasteiger partial charge in [-0.25, -0.2) is 14.8 Å². The first-order valence-corrected chi connectivity index (χ1v) is 19.0. The molecule has 6 aromatic heterocycles. The number of benzene rings is 3. The van der Waals surface area contributed by atoms with Crippen molar-refractivity contribution in [2.45, 2.75) is 31.9 Å². The van der Waals surface area contributed by atoms with E-state index in [2.05, 4.69) is 109 Å². The number of hydrogen-bond acceptors (Lipinski definition) is 8. The van der Waals surface area contributed by atoms with Crippen molar-refractivity contribution in [1.82, 2.24) is 39.5 Å². The number of ether oxygens (including phenoxy) is 2. The molecule has 3 aromatic carbocycles. The Morgan fingerprint density at radius 1 is 0.712 bits per heavy atom. The third-order valence-corrected chi connectivity index (χ3v) is 9.74. The van der Waals surface area contributed by atoms with Gasteiger partial charge in [0.05, 0.1) is 30.5 Å². The van der Waals surface area contributed by atoms with Crippen molar-refractivity contribution in [1.29, 1.82) is 0 Å². The molecule has 4 N–H and O–H groups in total. The summed E-state index contributed by atoms with van der Waals surface area (Å²) in [5.74, 6) is 0.505. The van der Waals surface area contributed by atoms with Gasteiger partial charge in [0.25, 0.3) is 0 Å². The summed E-state index contributed by atoms with van der Waals surface area (Å²) >= 11 is 0. The molecule has 13 nitrogen and oxygen atoms in total. The van der Waals surface area contributed by atoms with Crippen molar-refractivity contribution < 1.29 is 19.4 Å². The molecule has 0 bridgehead atoms. The minimum absolute atomic E-state index is 0.404. The molecule has 0 aliphatic heterocycles. The highest BCUT2D eigenvalue weighted by Gasteiger charge is 2.39. The molecule has 9 rings (SSSR count). The number of carbonyl (C=O) groups is 1. The van der Waals surface area contributed by atoms with Gasteiger partial charge in [-0.1, -0.05) is 91.0 Å². The van der Waals surface area contributed by atoms with Crippen LogP contribution in [-0.4, -0.2) is 63.1 Å². The molecule has 0 atom stereocenters. The summed E-state index contributed by atoms with van der Waals surface area (Å²) in [5, 5.41) is 22.8. The van der Waals surface area contributed by atoms with Gasteiger partial charge in [-0.05, 0) is 49.6 Å². The molecule has 0 saturated heterocycles. The number of aromatic amines is 2. The summed E-state index contributed by atoms with van der Waals surface area (Å²) < 4.78 is 14.3. The van der Waals surface area contributed by atoms with Gasteiger partial charge in [-0.3, -0.25) is 14.7 Å². The fourth-order valence-corrected chi connectivity index (χ4v) is 7.25. The van der Waals surface area contributed by atoms with Crippen LogP contribution in [0.5, 0.6) is 5.75 Å². The molecule has 9 aromatic rings. The Kier molecular flexibility index (Phi) is 10.5. The second kappa shape index (κ2) is 16.2. The number of rotatable bonds is 9. The van der Waals surface area contributed by atoms with E-state index in [1.165, 1.54) is 0 Å². The van der Waals surface area contributed by atoms with E-state index in [1.807, 2.05) is 87.6 Å². The van der Waals surface area contributed by atoms with Crippen LogP contribution in [0.1, 0.15) is 37.5 Å². The summed E-state index contributed by atoms with van der Waals surface area (Å²) in [6.45, 7) is 5.06. The Balaban J connectivity index is 0.000000182. The van der Waals surface area contributed by atoms with Crippen molar-refractivity contribution in [3.05, 3.63) is 169 Å². The molecule has 0 saturated carbocycles. The molecule has 59 heavy (non-hydrogen) atoms. The number of aryl methyl sites for hydroxylation is 1. The molecule has 0 unspecified atom stereocenters. The number of pyridine rings is 2. The van der Waals surface area contributed by atoms with Gasteiger partial charge in [-0.15, -0.1) is 0 Å². The Morgan fingerprint density at radius 2 is 1.24 bits per heavy atom. The van der Waals surface area contributed by atoms with Gasteiger partial charge >= 0.3 is 6.09 Å². The summed E-state index contributed by atoms with van der Waals surface area (Å²) in [6.07, 6.45) is 14.2. The van der Waals surface area contributed by atoms with Crippen molar-refractivity contribution in [2.75, 3.05) is 12.1 Å². The number of nitrogens with one attached hydrogen (secondary N) is 3. The number of amides is 1. The zero-order chi connectivity index (χ0) is 41.0. The molecule has 6 heterocycles. The fraction of sp³-hybridized carbons (Fsp3) is 0.152. The maximum atomic E-state index is 11.9. The monoisotopic (exact) mass is 785 g/mol. The maximum Gasteiger partial charge on any atom is 0.412 e. The predicted molar refractivity (Wildman–Crippen MR) is 228 cm³/mol. The average molecular weight is 786 g/mol. The minimum Gasteiger partial charge on any atom is -0.466 e. The Labute approximate surface area is 340 Å². The minimum atomic E-state index is -0.683. The van der Waals surface area contributed by atoms with E-state index in [-0.39, 0.29) is 0 Å². The number of H-pyrrole nitrogens is 2. The van der Waals surface area contributed by atoms with Gasteiger partial charge in [0.1, 0.15) is 28.2 Å². The molecular weight excluding hydrogens is 743 g/mol. The highest BCUT2D eigenvalue weighted by atomic mass is 16.6. The quantitative estimate of drug-likeness (QED) is 0.0834. The number of aliphatic hydroxyl groups excluding tert-OH is 1. The molecule has 0 radical (unpaired) electrons. The smallest absolute Gasteiger partial charge is 0.412 e. The second-order valence-corrected chi connectivity index (χ2v) is 14.9. The van der Waals surface area contributed by atoms with E-state index in [0.29, 0.717) is 11.4 Å². The number of aliphatic hydroxyl groups is 1. The van der Waals surface area contributed by atoms with Crippen LogP contribution < -0.4 is 10.1 Å². The molecular formula is C46H43N9O4. The highest BCUT2D eigenvalue weighted by molar-refractivity contribution is 5.97. The van der Waals surface area contributed by atoms with Gasteiger partial charge in [0.15, 0.2) is 6.79 Å². The second-order valence-electron chi connectivity index (χ2n) is 14.9. The third kappa shape index (κ3) is 7.91. The highest BCUT2D eigenvalue weighted by Crippen LogP contribution is 2.41. The lowest BCUT2D eigenvalue weighted by molar-refractivity contribution is 0.0635. The Hall–Kier alpha value is -7.51.